The highest BCUT2D eigenvalue weighted by Crippen LogP contribution is 2.38. The van der Waals surface area contributed by atoms with Gasteiger partial charge in [0, 0.05) is 11.3 Å². The quantitative estimate of drug-likeness (QED) is 0.783. The van der Waals surface area contributed by atoms with Gasteiger partial charge in [-0.05, 0) is 43.6 Å². The summed E-state index contributed by atoms with van der Waals surface area (Å²) in [5.41, 5.74) is 1.70. The molecule has 0 aromatic carbocycles. The second-order valence-corrected chi connectivity index (χ2v) is 8.10. The van der Waals surface area contributed by atoms with Gasteiger partial charge < -0.3 is 10.1 Å². The molecule has 1 fully saturated rings. The summed E-state index contributed by atoms with van der Waals surface area (Å²) < 4.78 is 4.95. The zero-order valence-electron chi connectivity index (χ0n) is 14.5. The smallest absolute Gasteiger partial charge is 0.341 e. The lowest BCUT2D eigenvalue weighted by Gasteiger charge is -2.20. The van der Waals surface area contributed by atoms with Gasteiger partial charge in [0.05, 0.1) is 12.7 Å². The van der Waals surface area contributed by atoms with E-state index in [9.17, 15) is 9.59 Å². The van der Waals surface area contributed by atoms with Gasteiger partial charge in [0.25, 0.3) is 0 Å². The molecular weight excluding hydrogens is 322 g/mol. The predicted molar refractivity (Wildman–Crippen MR) is 96.7 cm³/mol. The van der Waals surface area contributed by atoms with E-state index < -0.39 is 0 Å². The molecule has 132 valence electrons. The normalized spacial score (nSPS) is 18.0. The van der Waals surface area contributed by atoms with Gasteiger partial charge in [-0.3, -0.25) is 4.79 Å². The molecule has 0 unspecified atom stereocenters. The van der Waals surface area contributed by atoms with Crippen LogP contribution in [-0.2, 0) is 22.4 Å². The van der Waals surface area contributed by atoms with Crippen LogP contribution >= 0.6 is 11.3 Å². The molecule has 5 heteroatoms. The summed E-state index contributed by atoms with van der Waals surface area (Å²) in [4.78, 5) is 25.8. The van der Waals surface area contributed by atoms with Gasteiger partial charge in [-0.15, -0.1) is 11.3 Å². The molecule has 2 aliphatic carbocycles. The van der Waals surface area contributed by atoms with E-state index in [1.807, 2.05) is 0 Å². The summed E-state index contributed by atoms with van der Waals surface area (Å²) >= 11 is 1.56. The maximum absolute atomic E-state index is 12.4. The van der Waals surface area contributed by atoms with E-state index in [1.165, 1.54) is 44.1 Å². The molecule has 3 rings (SSSR count). The molecular formula is C19H27NO3S. The predicted octanol–water partition coefficient (Wildman–Crippen LogP) is 4.71. The van der Waals surface area contributed by atoms with Crippen molar-refractivity contribution in [3.05, 3.63) is 16.0 Å². The third kappa shape index (κ3) is 4.00. The van der Waals surface area contributed by atoms with Crippen molar-refractivity contribution in [3.63, 3.8) is 0 Å². The fourth-order valence-electron chi connectivity index (χ4n) is 3.97. The second-order valence-electron chi connectivity index (χ2n) is 7.00. The van der Waals surface area contributed by atoms with Crippen molar-refractivity contribution in [2.75, 3.05) is 12.4 Å². The number of amides is 1. The van der Waals surface area contributed by atoms with Gasteiger partial charge in [-0.1, -0.05) is 32.1 Å². The van der Waals surface area contributed by atoms with Crippen LogP contribution in [0, 0.1) is 5.92 Å². The number of aryl methyl sites for hydroxylation is 1. The summed E-state index contributed by atoms with van der Waals surface area (Å²) in [6.45, 7) is 0. The summed E-state index contributed by atoms with van der Waals surface area (Å²) in [7, 11) is 1.41. The minimum atomic E-state index is -0.322. The highest BCUT2D eigenvalue weighted by atomic mass is 32.1. The SMILES string of the molecule is COC(=O)c1c(NC(=O)CCC2CCCCC2)sc2c1CCCC2. The Morgan fingerprint density at radius 3 is 2.62 bits per heavy atom. The van der Waals surface area contributed by atoms with Gasteiger partial charge in [-0.25, -0.2) is 4.79 Å². The van der Waals surface area contributed by atoms with Crippen LogP contribution in [0.4, 0.5) is 5.00 Å². The monoisotopic (exact) mass is 349 g/mol. The molecule has 2 aliphatic rings. The van der Waals surface area contributed by atoms with Gasteiger partial charge >= 0.3 is 5.97 Å². The van der Waals surface area contributed by atoms with Gasteiger partial charge in [-0.2, -0.15) is 0 Å². The first kappa shape index (κ1) is 17.5. The first-order chi connectivity index (χ1) is 11.7. The first-order valence-corrected chi connectivity index (χ1v) is 10.0. The van der Waals surface area contributed by atoms with Crippen molar-refractivity contribution in [2.45, 2.75) is 70.6 Å². The molecule has 0 bridgehead atoms. The zero-order chi connectivity index (χ0) is 16.9. The maximum Gasteiger partial charge on any atom is 0.341 e. The first-order valence-electron chi connectivity index (χ1n) is 9.21. The number of fused-ring (bicyclic) bond motifs is 1. The third-order valence-corrected chi connectivity index (χ3v) is 6.53. The number of esters is 1. The van der Waals surface area contributed by atoms with Crippen LogP contribution in [0.3, 0.4) is 0 Å². The fourth-order valence-corrected chi connectivity index (χ4v) is 5.27. The molecule has 0 spiro atoms. The Labute approximate surface area is 148 Å². The summed E-state index contributed by atoms with van der Waals surface area (Å²) in [6, 6.07) is 0. The van der Waals surface area contributed by atoms with Crippen LogP contribution in [0.5, 0.6) is 0 Å². The van der Waals surface area contributed by atoms with E-state index in [-0.39, 0.29) is 11.9 Å². The van der Waals surface area contributed by atoms with E-state index in [4.69, 9.17) is 4.74 Å². The average Bonchev–Trinajstić information content (AvgIpc) is 2.98. The van der Waals surface area contributed by atoms with Crippen molar-refractivity contribution in [1.82, 2.24) is 0 Å². The maximum atomic E-state index is 12.4. The molecule has 1 saturated carbocycles. The number of methoxy groups -OCH3 is 1. The Kier molecular flexibility index (Phi) is 5.93. The van der Waals surface area contributed by atoms with Crippen molar-refractivity contribution >= 4 is 28.2 Å². The van der Waals surface area contributed by atoms with Crippen LogP contribution < -0.4 is 5.32 Å². The molecule has 1 heterocycles. The van der Waals surface area contributed by atoms with Crippen LogP contribution in [0.1, 0.15) is 78.6 Å². The molecule has 1 aromatic heterocycles. The fraction of sp³-hybridized carbons (Fsp3) is 0.684. The van der Waals surface area contributed by atoms with E-state index in [2.05, 4.69) is 5.32 Å². The number of hydrogen-bond acceptors (Lipinski definition) is 4. The second kappa shape index (κ2) is 8.15. The summed E-state index contributed by atoms with van der Waals surface area (Å²) in [5.74, 6) is 0.405. The number of anilines is 1. The molecule has 24 heavy (non-hydrogen) atoms. The highest BCUT2D eigenvalue weighted by molar-refractivity contribution is 7.17. The van der Waals surface area contributed by atoms with Crippen LogP contribution in [0.25, 0.3) is 0 Å². The average molecular weight is 349 g/mol. The minimum absolute atomic E-state index is 0.0318. The van der Waals surface area contributed by atoms with Crippen LogP contribution in [-0.4, -0.2) is 19.0 Å². The molecule has 4 nitrogen and oxygen atoms in total. The lowest BCUT2D eigenvalue weighted by Crippen LogP contribution is -2.16. The highest BCUT2D eigenvalue weighted by Gasteiger charge is 2.27. The van der Waals surface area contributed by atoms with Crippen molar-refractivity contribution in [3.8, 4) is 0 Å². The number of hydrogen-bond donors (Lipinski definition) is 1. The Hall–Kier alpha value is -1.36. The van der Waals surface area contributed by atoms with Gasteiger partial charge in [0.1, 0.15) is 5.00 Å². The number of rotatable bonds is 5. The molecule has 0 radical (unpaired) electrons. The van der Waals surface area contributed by atoms with Crippen molar-refractivity contribution < 1.29 is 14.3 Å². The lowest BCUT2D eigenvalue weighted by atomic mass is 9.86. The summed E-state index contributed by atoms with van der Waals surface area (Å²) in [6.07, 6.45) is 12.1. The molecule has 1 aromatic rings. The molecule has 0 atom stereocenters. The van der Waals surface area contributed by atoms with Crippen LogP contribution in [0.2, 0.25) is 0 Å². The number of ether oxygens (including phenoxy) is 1. The van der Waals surface area contributed by atoms with E-state index in [0.717, 1.165) is 37.7 Å². The van der Waals surface area contributed by atoms with Crippen molar-refractivity contribution in [2.24, 2.45) is 5.92 Å². The Morgan fingerprint density at radius 2 is 1.88 bits per heavy atom. The van der Waals surface area contributed by atoms with E-state index in [0.29, 0.717) is 22.9 Å². The third-order valence-electron chi connectivity index (χ3n) is 5.32. The Bertz CT molecular complexity index is 602. The van der Waals surface area contributed by atoms with Gasteiger partial charge in [0.15, 0.2) is 0 Å². The largest absolute Gasteiger partial charge is 0.465 e. The molecule has 1 N–H and O–H groups in total. The number of nitrogens with one attached hydrogen (secondary N) is 1. The molecule has 0 saturated heterocycles. The zero-order valence-corrected chi connectivity index (χ0v) is 15.3. The van der Waals surface area contributed by atoms with Crippen LogP contribution in [0.15, 0.2) is 0 Å². The van der Waals surface area contributed by atoms with E-state index in [1.54, 1.807) is 11.3 Å². The lowest BCUT2D eigenvalue weighted by molar-refractivity contribution is -0.116. The number of carbonyl (C=O) groups excluding carboxylic acids is 2. The van der Waals surface area contributed by atoms with Gasteiger partial charge in [0.2, 0.25) is 5.91 Å². The topological polar surface area (TPSA) is 55.4 Å². The number of carbonyl (C=O) groups is 2. The minimum Gasteiger partial charge on any atom is -0.465 e. The molecule has 1 amide bonds. The molecule has 0 aliphatic heterocycles. The van der Waals surface area contributed by atoms with E-state index >= 15 is 0 Å². The number of thiophene rings is 1. The summed E-state index contributed by atoms with van der Waals surface area (Å²) in [5, 5.41) is 3.70. The Balaban J connectivity index is 1.66. The Morgan fingerprint density at radius 1 is 1.12 bits per heavy atom. The standard InChI is InChI=1S/C19H27NO3S/c1-23-19(22)17-14-9-5-6-10-15(14)24-18(17)20-16(21)12-11-13-7-3-2-4-8-13/h13H,2-12H2,1H3,(H,20,21). The van der Waals surface area contributed by atoms with Crippen molar-refractivity contribution in [1.29, 1.82) is 0 Å².